The first-order chi connectivity index (χ1) is 9.73. The van der Waals surface area contributed by atoms with E-state index in [0.29, 0.717) is 4.90 Å². The largest absolute Gasteiger partial charge is 0.480 e. The number of carboxylic acids is 2. The van der Waals surface area contributed by atoms with E-state index in [9.17, 15) is 24.5 Å². The Hall–Kier alpha value is -2.49. The Bertz CT molecular complexity index is 601. The second kappa shape index (κ2) is 6.79. The third-order valence-corrected chi connectivity index (χ3v) is 3.18. The number of aliphatic carboxylic acids is 2. The maximum absolute atomic E-state index is 12.2. The van der Waals surface area contributed by atoms with E-state index in [-0.39, 0.29) is 15.7 Å². The van der Waals surface area contributed by atoms with E-state index < -0.39 is 35.9 Å². The molecule has 1 rings (SSSR count). The zero-order valence-corrected chi connectivity index (χ0v) is 11.9. The summed E-state index contributed by atoms with van der Waals surface area (Å²) in [7, 11) is 0. The highest BCUT2D eigenvalue weighted by atomic mass is 79.9. The van der Waals surface area contributed by atoms with Crippen LogP contribution in [-0.4, -0.2) is 51.0 Å². The third kappa shape index (κ3) is 4.24. The smallest absolute Gasteiger partial charge is 0.323 e. The van der Waals surface area contributed by atoms with E-state index >= 15 is 0 Å². The predicted octanol–water partition coefficient (Wildman–Crippen LogP) is 0.969. The van der Waals surface area contributed by atoms with Gasteiger partial charge in [0.05, 0.1) is 10.5 Å². The van der Waals surface area contributed by atoms with Gasteiger partial charge in [-0.2, -0.15) is 0 Å². The zero-order chi connectivity index (χ0) is 16.2. The molecule has 1 aromatic carbocycles. The first-order valence-electron chi connectivity index (χ1n) is 5.39. The van der Waals surface area contributed by atoms with Gasteiger partial charge in [-0.1, -0.05) is 6.07 Å². The van der Waals surface area contributed by atoms with Crippen molar-refractivity contribution in [2.24, 2.45) is 0 Å². The minimum Gasteiger partial charge on any atom is -0.480 e. The van der Waals surface area contributed by atoms with Gasteiger partial charge in [0.2, 0.25) is 0 Å². The topological polar surface area (TPSA) is 138 Å². The summed E-state index contributed by atoms with van der Waals surface area (Å²) in [5, 5.41) is 28.2. The molecule has 1 aromatic rings. The van der Waals surface area contributed by atoms with Crippen LogP contribution in [0.4, 0.5) is 5.69 Å². The standard InChI is InChI=1S/C11H9BrN2O7/c12-10-6(2-1-3-7(10)14(20)21)11(19)13(4-8(15)16)5-9(17)18/h1-3H,4-5H2,(H,15,16)(H,17,18). The number of carbonyl (C=O) groups is 3. The molecular formula is C11H9BrN2O7. The van der Waals surface area contributed by atoms with Gasteiger partial charge < -0.3 is 15.1 Å². The average molecular weight is 361 g/mol. The number of carboxylic acid groups (broad SMARTS) is 2. The van der Waals surface area contributed by atoms with Crippen molar-refractivity contribution in [3.63, 3.8) is 0 Å². The zero-order valence-electron chi connectivity index (χ0n) is 10.4. The number of hydrogen-bond acceptors (Lipinski definition) is 5. The summed E-state index contributed by atoms with van der Waals surface area (Å²) in [5.41, 5.74) is -0.571. The van der Waals surface area contributed by atoms with Gasteiger partial charge in [-0.05, 0) is 22.0 Å². The van der Waals surface area contributed by atoms with Gasteiger partial charge in [0, 0.05) is 6.07 Å². The molecule has 0 radical (unpaired) electrons. The number of nitro benzene ring substituents is 1. The van der Waals surface area contributed by atoms with Crippen molar-refractivity contribution in [2.45, 2.75) is 0 Å². The third-order valence-electron chi connectivity index (χ3n) is 2.34. The van der Waals surface area contributed by atoms with Crippen LogP contribution in [-0.2, 0) is 9.59 Å². The molecule has 112 valence electrons. The summed E-state index contributed by atoms with van der Waals surface area (Å²) >= 11 is 2.90. The van der Waals surface area contributed by atoms with Crippen molar-refractivity contribution >= 4 is 39.5 Å². The van der Waals surface area contributed by atoms with Crippen molar-refractivity contribution in [2.75, 3.05) is 13.1 Å². The van der Waals surface area contributed by atoms with Crippen LogP contribution in [0.15, 0.2) is 22.7 Å². The van der Waals surface area contributed by atoms with Gasteiger partial charge in [-0.25, -0.2) is 0 Å². The molecule has 21 heavy (non-hydrogen) atoms. The highest BCUT2D eigenvalue weighted by Crippen LogP contribution is 2.29. The molecule has 0 aliphatic carbocycles. The van der Waals surface area contributed by atoms with Gasteiger partial charge in [-0.3, -0.25) is 24.5 Å². The molecule has 2 N–H and O–H groups in total. The summed E-state index contributed by atoms with van der Waals surface area (Å²) in [5.74, 6) is -3.73. The number of hydrogen-bond donors (Lipinski definition) is 2. The van der Waals surface area contributed by atoms with Crippen molar-refractivity contribution in [1.82, 2.24) is 4.90 Å². The number of halogens is 1. The lowest BCUT2D eigenvalue weighted by atomic mass is 10.1. The van der Waals surface area contributed by atoms with Gasteiger partial charge in [0.1, 0.15) is 17.6 Å². The molecule has 1 amide bonds. The fourth-order valence-electron chi connectivity index (χ4n) is 1.52. The highest BCUT2D eigenvalue weighted by molar-refractivity contribution is 9.10. The van der Waals surface area contributed by atoms with E-state index in [2.05, 4.69) is 15.9 Å². The maximum Gasteiger partial charge on any atom is 0.323 e. The Balaban J connectivity index is 3.20. The van der Waals surface area contributed by atoms with Crippen LogP contribution < -0.4 is 0 Å². The van der Waals surface area contributed by atoms with Crippen molar-refractivity contribution in [3.05, 3.63) is 38.3 Å². The SMILES string of the molecule is O=C(O)CN(CC(=O)O)C(=O)c1cccc([N+](=O)[O-])c1Br. The molecule has 0 aliphatic rings. The Morgan fingerprint density at radius 1 is 1.19 bits per heavy atom. The summed E-state index contributed by atoms with van der Waals surface area (Å²) < 4.78 is -0.138. The minimum absolute atomic E-state index is 0.138. The van der Waals surface area contributed by atoms with Crippen molar-refractivity contribution in [1.29, 1.82) is 0 Å². The second-order valence-corrected chi connectivity index (χ2v) is 4.64. The lowest BCUT2D eigenvalue weighted by molar-refractivity contribution is -0.385. The van der Waals surface area contributed by atoms with E-state index in [4.69, 9.17) is 10.2 Å². The summed E-state index contributed by atoms with van der Waals surface area (Å²) in [6, 6.07) is 3.63. The molecule has 0 heterocycles. The first kappa shape index (κ1) is 16.6. The van der Waals surface area contributed by atoms with Gasteiger partial charge in [-0.15, -0.1) is 0 Å². The number of amides is 1. The molecule has 9 nitrogen and oxygen atoms in total. The molecule has 0 aromatic heterocycles. The second-order valence-electron chi connectivity index (χ2n) is 3.84. The van der Waals surface area contributed by atoms with E-state index in [0.717, 1.165) is 6.07 Å². The van der Waals surface area contributed by atoms with Crippen LogP contribution in [0.3, 0.4) is 0 Å². The minimum atomic E-state index is -1.40. The van der Waals surface area contributed by atoms with Crippen molar-refractivity contribution in [3.8, 4) is 0 Å². The van der Waals surface area contributed by atoms with E-state index in [1.807, 2.05) is 0 Å². The molecule has 0 saturated carbocycles. The lowest BCUT2D eigenvalue weighted by Gasteiger charge is -2.19. The molecule has 10 heteroatoms. The molecule has 0 unspecified atom stereocenters. The summed E-state index contributed by atoms with van der Waals surface area (Å²) in [6.45, 7) is -1.67. The number of nitro groups is 1. The van der Waals surface area contributed by atoms with Crippen molar-refractivity contribution < 1.29 is 29.5 Å². The van der Waals surface area contributed by atoms with Crippen LogP contribution >= 0.6 is 15.9 Å². The predicted molar refractivity (Wildman–Crippen MR) is 72.0 cm³/mol. The maximum atomic E-state index is 12.2. The van der Waals surface area contributed by atoms with Crippen LogP contribution in [0.5, 0.6) is 0 Å². The lowest BCUT2D eigenvalue weighted by Crippen LogP contribution is -2.39. The number of rotatable bonds is 6. The van der Waals surface area contributed by atoms with E-state index in [1.165, 1.54) is 12.1 Å². The average Bonchev–Trinajstić information content (AvgIpc) is 2.36. The number of benzene rings is 1. The number of nitrogens with zero attached hydrogens (tertiary/aromatic N) is 2. The molecule has 0 saturated heterocycles. The van der Waals surface area contributed by atoms with Crippen LogP contribution in [0.25, 0.3) is 0 Å². The Kier molecular flexibility index (Phi) is 5.36. The summed E-state index contributed by atoms with van der Waals surface area (Å²) in [4.78, 5) is 44.1. The van der Waals surface area contributed by atoms with E-state index in [1.54, 1.807) is 0 Å². The fraction of sp³-hybridized carbons (Fsp3) is 0.182. The molecule has 0 bridgehead atoms. The monoisotopic (exact) mass is 360 g/mol. The fourth-order valence-corrected chi connectivity index (χ4v) is 2.10. The molecule has 0 fully saturated rings. The quantitative estimate of drug-likeness (QED) is 0.569. The first-order valence-corrected chi connectivity index (χ1v) is 6.19. The van der Waals surface area contributed by atoms with Crippen LogP contribution in [0, 0.1) is 10.1 Å². The van der Waals surface area contributed by atoms with Gasteiger partial charge >= 0.3 is 11.9 Å². The van der Waals surface area contributed by atoms with Crippen LogP contribution in [0.1, 0.15) is 10.4 Å². The Morgan fingerprint density at radius 2 is 1.71 bits per heavy atom. The van der Waals surface area contributed by atoms with Crippen LogP contribution in [0.2, 0.25) is 0 Å². The van der Waals surface area contributed by atoms with Gasteiger partial charge in [0.15, 0.2) is 0 Å². The molecule has 0 spiro atoms. The molecular weight excluding hydrogens is 352 g/mol. The number of carbonyl (C=O) groups excluding carboxylic acids is 1. The van der Waals surface area contributed by atoms with Gasteiger partial charge in [0.25, 0.3) is 11.6 Å². The Labute approximate surface area is 126 Å². The molecule has 0 atom stereocenters. The molecule has 0 aliphatic heterocycles. The summed E-state index contributed by atoms with van der Waals surface area (Å²) in [6.07, 6.45) is 0. The highest BCUT2D eigenvalue weighted by Gasteiger charge is 2.26. The normalized spacial score (nSPS) is 9.95. The Morgan fingerprint density at radius 3 is 2.14 bits per heavy atom.